The Morgan fingerprint density at radius 1 is 0.938 bits per heavy atom. The molecule has 0 bridgehead atoms. The predicted octanol–water partition coefficient (Wildman–Crippen LogP) is 4.71. The van der Waals surface area contributed by atoms with Gasteiger partial charge in [0.25, 0.3) is 0 Å². The average molecular weight is 273 g/mol. The summed E-state index contributed by atoms with van der Waals surface area (Å²) in [6, 6.07) is 18.7. The summed E-state index contributed by atoms with van der Waals surface area (Å²) in [4.78, 5) is 0. The number of hydrogen-bond donors (Lipinski definition) is 0. The van der Waals surface area contributed by atoms with Crippen molar-refractivity contribution in [1.82, 2.24) is 0 Å². The van der Waals surface area contributed by atoms with Crippen molar-refractivity contribution in [1.29, 1.82) is 0 Å². The van der Waals surface area contributed by atoms with Crippen LogP contribution in [0, 0.1) is 0 Å². The van der Waals surface area contributed by atoms with Gasteiger partial charge in [-0.1, -0.05) is 65.0 Å². The van der Waals surface area contributed by atoms with Gasteiger partial charge in [-0.3, -0.25) is 0 Å². The molecule has 0 aliphatic heterocycles. The van der Waals surface area contributed by atoms with E-state index in [1.165, 1.54) is 11.1 Å². The highest BCUT2D eigenvalue weighted by Gasteiger charge is 2.00. The third-order valence-corrected chi connectivity index (χ3v) is 3.04. The minimum absolute atomic E-state index is 0.905. The van der Waals surface area contributed by atoms with Gasteiger partial charge in [0.1, 0.15) is 0 Å². The fourth-order valence-corrected chi connectivity index (χ4v) is 1.89. The quantitative estimate of drug-likeness (QED) is 0.760. The van der Waals surface area contributed by atoms with Gasteiger partial charge in [-0.05, 0) is 35.3 Å². The van der Waals surface area contributed by atoms with Crippen molar-refractivity contribution >= 4 is 21.5 Å². The molecule has 0 heterocycles. The first-order chi connectivity index (χ1) is 7.75. The van der Waals surface area contributed by atoms with E-state index in [1.54, 1.807) is 0 Å². The molecule has 0 amide bonds. The lowest BCUT2D eigenvalue weighted by Crippen LogP contribution is -1.88. The van der Waals surface area contributed by atoms with Crippen molar-refractivity contribution in [2.45, 2.75) is 6.42 Å². The van der Waals surface area contributed by atoms with Crippen LogP contribution in [0.5, 0.6) is 0 Å². The summed E-state index contributed by atoms with van der Waals surface area (Å²) in [5.74, 6) is 0. The smallest absolute Gasteiger partial charge is 0.0175 e. The Hall–Kier alpha value is -1.34. The van der Waals surface area contributed by atoms with E-state index >= 15 is 0 Å². The third kappa shape index (κ3) is 2.83. The first kappa shape index (κ1) is 11.2. The maximum absolute atomic E-state index is 4.13. The van der Waals surface area contributed by atoms with Crippen molar-refractivity contribution in [3.63, 3.8) is 0 Å². The molecule has 0 atom stereocenters. The van der Waals surface area contributed by atoms with Crippen LogP contribution in [-0.4, -0.2) is 0 Å². The van der Waals surface area contributed by atoms with Crippen LogP contribution in [0.25, 0.3) is 5.57 Å². The topological polar surface area (TPSA) is 0 Å². The molecule has 0 aliphatic rings. The van der Waals surface area contributed by atoms with E-state index in [-0.39, 0.29) is 0 Å². The monoisotopic (exact) mass is 272 g/mol. The molecule has 1 heteroatoms. The van der Waals surface area contributed by atoms with Crippen LogP contribution < -0.4 is 0 Å². The molecular weight excluding hydrogens is 260 g/mol. The molecule has 0 N–H and O–H groups in total. The summed E-state index contributed by atoms with van der Waals surface area (Å²) in [5, 5.41) is 0. The van der Waals surface area contributed by atoms with Gasteiger partial charge < -0.3 is 0 Å². The summed E-state index contributed by atoms with van der Waals surface area (Å²) < 4.78 is 1.10. The van der Waals surface area contributed by atoms with E-state index < -0.39 is 0 Å². The molecule has 0 fully saturated rings. The average Bonchev–Trinajstić information content (AvgIpc) is 2.31. The molecule has 0 saturated heterocycles. The highest BCUT2D eigenvalue weighted by atomic mass is 79.9. The Balaban J connectivity index is 2.12. The third-order valence-electron chi connectivity index (χ3n) is 2.51. The van der Waals surface area contributed by atoms with Crippen molar-refractivity contribution in [2.24, 2.45) is 0 Å². The van der Waals surface area contributed by atoms with E-state index in [4.69, 9.17) is 0 Å². The highest BCUT2D eigenvalue weighted by Crippen LogP contribution is 2.20. The van der Waals surface area contributed by atoms with Gasteiger partial charge in [-0.15, -0.1) is 0 Å². The molecule has 0 nitrogen and oxygen atoms in total. The van der Waals surface area contributed by atoms with Crippen LogP contribution in [0.4, 0.5) is 0 Å². The second-order valence-corrected chi connectivity index (χ2v) is 4.69. The number of rotatable bonds is 3. The molecule has 0 spiro atoms. The molecule has 0 aliphatic carbocycles. The zero-order chi connectivity index (χ0) is 11.4. The first-order valence-electron chi connectivity index (χ1n) is 5.23. The minimum Gasteiger partial charge on any atom is -0.0949 e. The van der Waals surface area contributed by atoms with Crippen molar-refractivity contribution in [3.05, 3.63) is 76.8 Å². The van der Waals surface area contributed by atoms with Gasteiger partial charge in [0.05, 0.1) is 0 Å². The lowest BCUT2D eigenvalue weighted by molar-refractivity contribution is 1.29. The molecule has 0 unspecified atom stereocenters. The van der Waals surface area contributed by atoms with Crippen LogP contribution >= 0.6 is 15.9 Å². The van der Waals surface area contributed by atoms with Gasteiger partial charge in [-0.25, -0.2) is 0 Å². The van der Waals surface area contributed by atoms with Gasteiger partial charge in [0.2, 0.25) is 0 Å². The Morgan fingerprint density at radius 3 is 2.19 bits per heavy atom. The Kier molecular flexibility index (Phi) is 3.58. The number of halogens is 1. The molecule has 2 aromatic carbocycles. The molecule has 2 rings (SSSR count). The molecular formula is C15H13Br. The normalized spacial score (nSPS) is 10.1. The molecule has 2 aromatic rings. The van der Waals surface area contributed by atoms with Crippen LogP contribution in [0.2, 0.25) is 0 Å². The van der Waals surface area contributed by atoms with Crippen LogP contribution in [0.3, 0.4) is 0 Å². The van der Waals surface area contributed by atoms with Gasteiger partial charge in [0, 0.05) is 4.47 Å². The summed E-state index contributed by atoms with van der Waals surface area (Å²) in [7, 11) is 0. The summed E-state index contributed by atoms with van der Waals surface area (Å²) in [6.45, 7) is 4.13. The molecule has 16 heavy (non-hydrogen) atoms. The highest BCUT2D eigenvalue weighted by molar-refractivity contribution is 9.10. The number of benzene rings is 2. The largest absolute Gasteiger partial charge is 0.0949 e. The summed E-state index contributed by atoms with van der Waals surface area (Å²) >= 11 is 3.43. The standard InChI is InChI=1S/C15H13Br/c1-12(11-13-5-3-2-4-6-13)14-7-9-15(16)10-8-14/h2-10H,1,11H2. The maximum Gasteiger partial charge on any atom is 0.0175 e. The fourth-order valence-electron chi connectivity index (χ4n) is 1.63. The van der Waals surface area contributed by atoms with Crippen LogP contribution in [-0.2, 0) is 6.42 Å². The van der Waals surface area contributed by atoms with E-state index in [9.17, 15) is 0 Å². The van der Waals surface area contributed by atoms with Gasteiger partial charge >= 0.3 is 0 Å². The predicted molar refractivity (Wildman–Crippen MR) is 73.3 cm³/mol. The fraction of sp³-hybridized carbons (Fsp3) is 0.0667. The second-order valence-electron chi connectivity index (χ2n) is 3.77. The minimum atomic E-state index is 0.905. The maximum atomic E-state index is 4.13. The SMILES string of the molecule is C=C(Cc1ccccc1)c1ccc(Br)cc1. The van der Waals surface area contributed by atoms with Gasteiger partial charge in [-0.2, -0.15) is 0 Å². The van der Waals surface area contributed by atoms with E-state index in [0.29, 0.717) is 0 Å². The van der Waals surface area contributed by atoms with E-state index in [1.807, 2.05) is 18.2 Å². The Bertz CT molecular complexity index is 469. The zero-order valence-electron chi connectivity index (χ0n) is 8.99. The van der Waals surface area contributed by atoms with Crippen molar-refractivity contribution in [3.8, 4) is 0 Å². The molecule has 0 saturated carbocycles. The van der Waals surface area contributed by atoms with Crippen molar-refractivity contribution in [2.75, 3.05) is 0 Å². The number of hydrogen-bond acceptors (Lipinski definition) is 0. The summed E-state index contributed by atoms with van der Waals surface area (Å²) in [5.41, 5.74) is 3.65. The van der Waals surface area contributed by atoms with Crippen LogP contribution in [0.1, 0.15) is 11.1 Å². The first-order valence-corrected chi connectivity index (χ1v) is 6.02. The lowest BCUT2D eigenvalue weighted by Gasteiger charge is -2.06. The molecule has 0 radical (unpaired) electrons. The van der Waals surface area contributed by atoms with E-state index in [2.05, 4.69) is 58.9 Å². The van der Waals surface area contributed by atoms with Crippen molar-refractivity contribution < 1.29 is 0 Å². The molecule has 0 aromatic heterocycles. The Labute approximate surface area is 105 Å². The lowest BCUT2D eigenvalue weighted by atomic mass is 10.00. The second kappa shape index (κ2) is 5.13. The zero-order valence-corrected chi connectivity index (χ0v) is 10.6. The summed E-state index contributed by atoms with van der Waals surface area (Å²) in [6.07, 6.45) is 0.905. The van der Waals surface area contributed by atoms with E-state index in [0.717, 1.165) is 16.5 Å². The van der Waals surface area contributed by atoms with Gasteiger partial charge in [0.15, 0.2) is 0 Å². The van der Waals surface area contributed by atoms with Crippen LogP contribution in [0.15, 0.2) is 65.6 Å². The molecule has 80 valence electrons. The number of allylic oxidation sites excluding steroid dienone is 1. The Morgan fingerprint density at radius 2 is 1.56 bits per heavy atom.